The molecule has 2 amide bonds. The lowest BCUT2D eigenvalue weighted by atomic mass is 9.88. The quantitative estimate of drug-likeness (QED) is 0.637. The van der Waals surface area contributed by atoms with Gasteiger partial charge in [0.25, 0.3) is 0 Å². The predicted octanol–water partition coefficient (Wildman–Crippen LogP) is 4.19. The van der Waals surface area contributed by atoms with Gasteiger partial charge in [0.2, 0.25) is 11.8 Å². The molecule has 2 aromatic carbocycles. The highest BCUT2D eigenvalue weighted by molar-refractivity contribution is 5.79. The molecule has 5 nitrogen and oxygen atoms in total. The molecule has 3 N–H and O–H groups in total. The number of hydrogen-bond donors (Lipinski definition) is 3. The summed E-state index contributed by atoms with van der Waals surface area (Å²) in [4.78, 5) is 23.7. The van der Waals surface area contributed by atoms with Crippen molar-refractivity contribution in [2.75, 3.05) is 13.1 Å². The summed E-state index contributed by atoms with van der Waals surface area (Å²) < 4.78 is 0. The van der Waals surface area contributed by atoms with Crippen molar-refractivity contribution in [1.29, 1.82) is 0 Å². The molecule has 4 rings (SSSR count). The summed E-state index contributed by atoms with van der Waals surface area (Å²) in [5.41, 5.74) is 2.33. The van der Waals surface area contributed by atoms with Gasteiger partial charge in [-0.1, -0.05) is 79.9 Å². The first kappa shape index (κ1) is 24.0. The van der Waals surface area contributed by atoms with Crippen LogP contribution in [-0.4, -0.2) is 24.9 Å². The number of piperidine rings is 1. The number of hydrogen-bond acceptors (Lipinski definition) is 3. The zero-order valence-corrected chi connectivity index (χ0v) is 19.0. The standard InChI is InChI=1S/C14H19NO.C13H18N2O/c16-14(13-9-5-2-6-10-13)15-11-12-7-3-1-4-8-12;16-13(12-7-4-8-14-10-12)15-9-11-5-2-1-3-6-11/h1,3-4,7-8,13H,2,5-6,9-11H2,(H,15,16);1-3,5-6,12,14H,4,7-10H2,(H,15,16). The first-order valence-corrected chi connectivity index (χ1v) is 12.1. The Morgan fingerprint density at radius 2 is 1.19 bits per heavy atom. The maximum atomic E-state index is 11.9. The van der Waals surface area contributed by atoms with E-state index in [2.05, 4.69) is 16.0 Å². The molecule has 0 radical (unpaired) electrons. The first-order valence-electron chi connectivity index (χ1n) is 12.1. The summed E-state index contributed by atoms with van der Waals surface area (Å²) in [5, 5.41) is 9.27. The van der Waals surface area contributed by atoms with Crippen LogP contribution < -0.4 is 16.0 Å². The molecule has 2 aromatic rings. The Morgan fingerprint density at radius 1 is 0.688 bits per heavy atom. The van der Waals surface area contributed by atoms with Crippen molar-refractivity contribution >= 4 is 11.8 Å². The molecular formula is C27H37N3O2. The summed E-state index contributed by atoms with van der Waals surface area (Å²) in [7, 11) is 0. The molecule has 172 valence electrons. The Kier molecular flexibility index (Phi) is 10.3. The Morgan fingerprint density at radius 3 is 1.69 bits per heavy atom. The fourth-order valence-corrected chi connectivity index (χ4v) is 4.30. The van der Waals surface area contributed by atoms with E-state index in [0.29, 0.717) is 13.1 Å². The van der Waals surface area contributed by atoms with Crippen molar-refractivity contribution in [2.24, 2.45) is 11.8 Å². The minimum atomic E-state index is 0.150. The molecular weight excluding hydrogens is 398 g/mol. The van der Waals surface area contributed by atoms with Crippen LogP contribution in [-0.2, 0) is 22.7 Å². The van der Waals surface area contributed by atoms with Crippen molar-refractivity contribution < 1.29 is 9.59 Å². The smallest absolute Gasteiger partial charge is 0.224 e. The second kappa shape index (κ2) is 13.7. The van der Waals surface area contributed by atoms with Crippen LogP contribution in [0.4, 0.5) is 0 Å². The molecule has 1 atom stereocenters. The Bertz CT molecular complexity index is 729. The lowest BCUT2D eigenvalue weighted by molar-refractivity contribution is -0.126. The second-order valence-electron chi connectivity index (χ2n) is 8.79. The molecule has 0 aromatic heterocycles. The van der Waals surface area contributed by atoms with Crippen molar-refractivity contribution in [3.8, 4) is 0 Å². The first-order chi connectivity index (χ1) is 15.7. The highest BCUT2D eigenvalue weighted by Crippen LogP contribution is 2.23. The van der Waals surface area contributed by atoms with Gasteiger partial charge in [0.05, 0.1) is 5.92 Å². The zero-order valence-electron chi connectivity index (χ0n) is 19.0. The highest BCUT2D eigenvalue weighted by Gasteiger charge is 2.21. The largest absolute Gasteiger partial charge is 0.352 e. The molecule has 2 fully saturated rings. The number of benzene rings is 2. The fourth-order valence-electron chi connectivity index (χ4n) is 4.30. The van der Waals surface area contributed by atoms with Gasteiger partial charge >= 0.3 is 0 Å². The number of carbonyl (C=O) groups excluding carboxylic acids is 2. The molecule has 1 saturated carbocycles. The minimum absolute atomic E-state index is 0.150. The Balaban J connectivity index is 0.000000181. The molecule has 1 unspecified atom stereocenters. The Hall–Kier alpha value is -2.66. The van der Waals surface area contributed by atoms with Crippen molar-refractivity contribution in [1.82, 2.24) is 16.0 Å². The molecule has 5 heteroatoms. The van der Waals surface area contributed by atoms with E-state index in [4.69, 9.17) is 0 Å². The van der Waals surface area contributed by atoms with E-state index >= 15 is 0 Å². The second-order valence-corrected chi connectivity index (χ2v) is 8.79. The normalized spacial score (nSPS) is 18.7. The molecule has 1 aliphatic carbocycles. The summed E-state index contributed by atoms with van der Waals surface area (Å²) >= 11 is 0. The van der Waals surface area contributed by atoms with E-state index in [1.54, 1.807) is 0 Å². The van der Waals surface area contributed by atoms with Gasteiger partial charge in [0.15, 0.2) is 0 Å². The van der Waals surface area contributed by atoms with Crippen molar-refractivity contribution in [3.05, 3.63) is 71.8 Å². The van der Waals surface area contributed by atoms with E-state index in [9.17, 15) is 9.59 Å². The van der Waals surface area contributed by atoms with Crippen LogP contribution in [0.1, 0.15) is 56.1 Å². The molecule has 2 aliphatic rings. The zero-order chi connectivity index (χ0) is 22.4. The van der Waals surface area contributed by atoms with E-state index in [0.717, 1.165) is 44.3 Å². The van der Waals surface area contributed by atoms with Gasteiger partial charge in [-0.25, -0.2) is 0 Å². The molecule has 0 bridgehead atoms. The maximum absolute atomic E-state index is 11.9. The highest BCUT2D eigenvalue weighted by atomic mass is 16.2. The fraction of sp³-hybridized carbons (Fsp3) is 0.481. The minimum Gasteiger partial charge on any atom is -0.352 e. The van der Waals surface area contributed by atoms with Crippen molar-refractivity contribution in [3.63, 3.8) is 0 Å². The third kappa shape index (κ3) is 8.46. The van der Waals surface area contributed by atoms with Crippen LogP contribution >= 0.6 is 0 Å². The monoisotopic (exact) mass is 435 g/mol. The molecule has 0 spiro atoms. The van der Waals surface area contributed by atoms with Crippen LogP contribution in [0.5, 0.6) is 0 Å². The van der Waals surface area contributed by atoms with Crippen LogP contribution in [0.2, 0.25) is 0 Å². The number of rotatable bonds is 6. The van der Waals surface area contributed by atoms with E-state index in [-0.39, 0.29) is 23.7 Å². The maximum Gasteiger partial charge on any atom is 0.224 e. The number of amides is 2. The van der Waals surface area contributed by atoms with Gasteiger partial charge in [0, 0.05) is 25.6 Å². The molecule has 1 saturated heterocycles. The predicted molar refractivity (Wildman–Crippen MR) is 129 cm³/mol. The van der Waals surface area contributed by atoms with Crippen LogP contribution in [0.3, 0.4) is 0 Å². The summed E-state index contributed by atoms with van der Waals surface area (Å²) in [6.07, 6.45) is 7.97. The average molecular weight is 436 g/mol. The number of carbonyl (C=O) groups is 2. The lowest BCUT2D eigenvalue weighted by Crippen LogP contribution is -2.40. The Labute approximate surface area is 192 Å². The van der Waals surface area contributed by atoms with Gasteiger partial charge in [-0.15, -0.1) is 0 Å². The summed E-state index contributed by atoms with van der Waals surface area (Å²) in [6, 6.07) is 20.1. The van der Waals surface area contributed by atoms with Gasteiger partial charge in [-0.2, -0.15) is 0 Å². The summed E-state index contributed by atoms with van der Waals surface area (Å²) in [6.45, 7) is 3.16. The topological polar surface area (TPSA) is 70.2 Å². The van der Waals surface area contributed by atoms with E-state index < -0.39 is 0 Å². The average Bonchev–Trinajstić information content (AvgIpc) is 2.88. The van der Waals surface area contributed by atoms with Crippen molar-refractivity contribution in [2.45, 2.75) is 58.0 Å². The van der Waals surface area contributed by atoms with Crippen LogP contribution in [0.15, 0.2) is 60.7 Å². The molecule has 1 aliphatic heterocycles. The van der Waals surface area contributed by atoms with E-state index in [1.165, 1.54) is 24.8 Å². The third-order valence-corrected chi connectivity index (χ3v) is 6.26. The molecule has 32 heavy (non-hydrogen) atoms. The van der Waals surface area contributed by atoms with E-state index in [1.807, 2.05) is 60.7 Å². The number of nitrogens with one attached hydrogen (secondary N) is 3. The molecule has 1 heterocycles. The lowest BCUT2D eigenvalue weighted by Gasteiger charge is -2.21. The summed E-state index contributed by atoms with van der Waals surface area (Å²) in [5.74, 6) is 0.828. The van der Waals surface area contributed by atoms with Gasteiger partial charge < -0.3 is 16.0 Å². The van der Waals surface area contributed by atoms with Gasteiger partial charge in [-0.05, 0) is 43.4 Å². The van der Waals surface area contributed by atoms with Crippen LogP contribution in [0.25, 0.3) is 0 Å². The van der Waals surface area contributed by atoms with Gasteiger partial charge in [0.1, 0.15) is 0 Å². The SMILES string of the molecule is O=C(NCc1ccccc1)C1CCCCC1.O=C(NCc1ccccc1)C1CCCNC1. The van der Waals surface area contributed by atoms with Crippen LogP contribution in [0, 0.1) is 11.8 Å². The third-order valence-electron chi connectivity index (χ3n) is 6.26. The van der Waals surface area contributed by atoms with Gasteiger partial charge in [-0.3, -0.25) is 9.59 Å².